The normalized spacial score (nSPS) is 22.8. The molecular weight excluding hydrogens is 330 g/mol. The summed E-state index contributed by atoms with van der Waals surface area (Å²) in [6, 6.07) is 9.47. The lowest BCUT2D eigenvalue weighted by Gasteiger charge is -2.17. The first-order chi connectivity index (χ1) is 12.6. The van der Waals surface area contributed by atoms with Gasteiger partial charge in [0.1, 0.15) is 12.4 Å². The molecule has 136 valence electrons. The van der Waals surface area contributed by atoms with Gasteiger partial charge in [0, 0.05) is 18.9 Å². The molecule has 26 heavy (non-hydrogen) atoms. The Bertz CT molecular complexity index is 902. The Labute approximate surface area is 151 Å². The van der Waals surface area contributed by atoms with Gasteiger partial charge in [-0.15, -0.1) is 0 Å². The molecule has 7 heteroatoms. The number of hydrogen-bond acceptors (Lipinski definition) is 4. The van der Waals surface area contributed by atoms with E-state index in [0.717, 1.165) is 29.8 Å². The van der Waals surface area contributed by atoms with Crippen molar-refractivity contribution in [3.63, 3.8) is 0 Å². The van der Waals surface area contributed by atoms with Crippen molar-refractivity contribution in [1.29, 1.82) is 0 Å². The molecule has 0 bridgehead atoms. The Morgan fingerprint density at radius 2 is 2.15 bits per heavy atom. The number of hydrogen-bond donors (Lipinski definition) is 2. The molecule has 7 nitrogen and oxygen atoms in total. The van der Waals surface area contributed by atoms with Gasteiger partial charge in [0.15, 0.2) is 0 Å². The SMILES string of the molecule is Cc1nc2ccccc2n1CC(=O)N[C@@H]1CC(Cn2cccn2)C[C@H]1O. The summed E-state index contributed by atoms with van der Waals surface area (Å²) in [6.45, 7) is 2.87. The monoisotopic (exact) mass is 353 g/mol. The van der Waals surface area contributed by atoms with E-state index in [1.165, 1.54) is 0 Å². The van der Waals surface area contributed by atoms with Crippen molar-refractivity contribution in [2.24, 2.45) is 5.92 Å². The minimum Gasteiger partial charge on any atom is -0.391 e. The van der Waals surface area contributed by atoms with Crippen molar-refractivity contribution in [3.05, 3.63) is 48.5 Å². The van der Waals surface area contributed by atoms with Crippen molar-refractivity contribution in [2.45, 2.75) is 45.0 Å². The fraction of sp³-hybridized carbons (Fsp3) is 0.421. The Hall–Kier alpha value is -2.67. The highest BCUT2D eigenvalue weighted by atomic mass is 16.3. The summed E-state index contributed by atoms with van der Waals surface area (Å²) < 4.78 is 3.79. The second-order valence-electron chi connectivity index (χ2n) is 7.04. The van der Waals surface area contributed by atoms with Gasteiger partial charge in [-0.05, 0) is 43.9 Å². The molecule has 2 aromatic heterocycles. The van der Waals surface area contributed by atoms with Gasteiger partial charge in [0.25, 0.3) is 0 Å². The average Bonchev–Trinajstić information content (AvgIpc) is 3.30. The minimum absolute atomic E-state index is 0.0972. The third kappa shape index (κ3) is 3.35. The zero-order valence-corrected chi connectivity index (χ0v) is 14.7. The molecule has 3 atom stereocenters. The third-order valence-electron chi connectivity index (χ3n) is 5.12. The van der Waals surface area contributed by atoms with Crippen molar-refractivity contribution in [3.8, 4) is 0 Å². The van der Waals surface area contributed by atoms with Crippen molar-refractivity contribution in [1.82, 2.24) is 24.6 Å². The van der Waals surface area contributed by atoms with Gasteiger partial charge in [0.2, 0.25) is 5.91 Å². The van der Waals surface area contributed by atoms with Crippen LogP contribution in [0.25, 0.3) is 11.0 Å². The maximum Gasteiger partial charge on any atom is 0.240 e. The number of fused-ring (bicyclic) bond motifs is 1. The summed E-state index contributed by atoms with van der Waals surface area (Å²) in [4.78, 5) is 17.0. The summed E-state index contributed by atoms with van der Waals surface area (Å²) in [5.74, 6) is 1.02. The molecule has 2 N–H and O–H groups in total. The number of para-hydroxylation sites is 2. The second-order valence-corrected chi connectivity index (χ2v) is 7.04. The molecule has 1 amide bonds. The van der Waals surface area contributed by atoms with Gasteiger partial charge in [-0.1, -0.05) is 12.1 Å². The molecule has 1 unspecified atom stereocenters. The number of nitrogens with zero attached hydrogens (tertiary/aromatic N) is 4. The molecule has 1 aromatic carbocycles. The number of aliphatic hydroxyl groups excluding tert-OH is 1. The number of imidazole rings is 1. The fourth-order valence-electron chi connectivity index (χ4n) is 3.89. The molecule has 0 spiro atoms. The van der Waals surface area contributed by atoms with Gasteiger partial charge in [0.05, 0.1) is 23.2 Å². The highest BCUT2D eigenvalue weighted by Crippen LogP contribution is 2.27. The van der Waals surface area contributed by atoms with Crippen LogP contribution in [0.5, 0.6) is 0 Å². The first-order valence-corrected chi connectivity index (χ1v) is 8.97. The van der Waals surface area contributed by atoms with E-state index in [0.29, 0.717) is 12.3 Å². The molecule has 2 heterocycles. The molecule has 1 fully saturated rings. The van der Waals surface area contributed by atoms with E-state index in [1.54, 1.807) is 6.20 Å². The van der Waals surface area contributed by atoms with Gasteiger partial charge < -0.3 is 15.0 Å². The van der Waals surface area contributed by atoms with Crippen LogP contribution in [0.1, 0.15) is 18.7 Å². The van der Waals surface area contributed by atoms with Crippen LogP contribution in [-0.2, 0) is 17.9 Å². The van der Waals surface area contributed by atoms with Crippen LogP contribution < -0.4 is 5.32 Å². The van der Waals surface area contributed by atoms with Crippen molar-refractivity contribution in [2.75, 3.05) is 0 Å². The number of carbonyl (C=O) groups is 1. The largest absolute Gasteiger partial charge is 0.391 e. The van der Waals surface area contributed by atoms with Gasteiger partial charge >= 0.3 is 0 Å². The molecule has 0 saturated heterocycles. The number of aliphatic hydroxyl groups is 1. The van der Waals surface area contributed by atoms with Crippen molar-refractivity contribution < 1.29 is 9.90 Å². The Kier molecular flexibility index (Phi) is 4.46. The third-order valence-corrected chi connectivity index (χ3v) is 5.12. The van der Waals surface area contributed by atoms with Crippen LogP contribution in [0.15, 0.2) is 42.7 Å². The predicted molar refractivity (Wildman–Crippen MR) is 97.4 cm³/mol. The van der Waals surface area contributed by atoms with E-state index >= 15 is 0 Å². The number of aromatic nitrogens is 4. The molecule has 1 aliphatic carbocycles. The molecule has 1 saturated carbocycles. The number of benzene rings is 1. The topological polar surface area (TPSA) is 85.0 Å². The Balaban J connectivity index is 1.39. The van der Waals surface area contributed by atoms with Crippen LogP contribution in [0, 0.1) is 12.8 Å². The number of rotatable bonds is 5. The van der Waals surface area contributed by atoms with Gasteiger partial charge in [-0.3, -0.25) is 9.48 Å². The van der Waals surface area contributed by atoms with E-state index in [-0.39, 0.29) is 18.5 Å². The molecule has 0 aliphatic heterocycles. The summed E-state index contributed by atoms with van der Waals surface area (Å²) in [7, 11) is 0. The van der Waals surface area contributed by atoms with E-state index in [4.69, 9.17) is 0 Å². The molecule has 3 aromatic rings. The summed E-state index contributed by atoms with van der Waals surface area (Å²) in [5.41, 5.74) is 1.83. The van der Waals surface area contributed by atoms with Crippen LogP contribution in [0.2, 0.25) is 0 Å². The summed E-state index contributed by atoms with van der Waals surface area (Å²) in [6.07, 6.45) is 4.60. The maximum absolute atomic E-state index is 12.5. The van der Waals surface area contributed by atoms with Crippen LogP contribution in [0.3, 0.4) is 0 Å². The predicted octanol–water partition coefficient (Wildman–Crippen LogP) is 1.50. The average molecular weight is 353 g/mol. The number of nitrogens with one attached hydrogen (secondary N) is 1. The van der Waals surface area contributed by atoms with Gasteiger partial charge in [-0.2, -0.15) is 5.10 Å². The van der Waals surface area contributed by atoms with Crippen LogP contribution in [-0.4, -0.2) is 42.5 Å². The molecular formula is C19H23N5O2. The number of aryl methyl sites for hydroxylation is 1. The zero-order chi connectivity index (χ0) is 18.1. The van der Waals surface area contributed by atoms with Crippen molar-refractivity contribution >= 4 is 16.9 Å². The zero-order valence-electron chi connectivity index (χ0n) is 14.7. The lowest BCUT2D eigenvalue weighted by molar-refractivity contribution is -0.123. The highest BCUT2D eigenvalue weighted by molar-refractivity contribution is 5.81. The standard InChI is InChI=1S/C19H23N5O2/c1-13-21-15-5-2-3-6-17(15)24(13)12-19(26)22-16-9-14(10-18(16)25)11-23-8-4-7-20-23/h2-8,14,16,18,25H,9-12H2,1H3,(H,22,26)/t14?,16-,18-/m1/s1. The van der Waals surface area contributed by atoms with Crippen LogP contribution in [0.4, 0.5) is 0 Å². The quantitative estimate of drug-likeness (QED) is 0.728. The van der Waals surface area contributed by atoms with E-state index in [2.05, 4.69) is 15.4 Å². The molecule has 4 rings (SSSR count). The number of carbonyl (C=O) groups excluding carboxylic acids is 1. The van der Waals surface area contributed by atoms with E-state index < -0.39 is 6.10 Å². The van der Waals surface area contributed by atoms with Crippen LogP contribution >= 0.6 is 0 Å². The fourth-order valence-corrected chi connectivity index (χ4v) is 3.89. The maximum atomic E-state index is 12.5. The van der Waals surface area contributed by atoms with Gasteiger partial charge in [-0.25, -0.2) is 4.98 Å². The number of amides is 1. The summed E-state index contributed by atoms with van der Waals surface area (Å²) in [5, 5.41) is 17.5. The molecule has 0 radical (unpaired) electrons. The molecule has 1 aliphatic rings. The first-order valence-electron chi connectivity index (χ1n) is 8.97. The second kappa shape index (κ2) is 6.92. The lowest BCUT2D eigenvalue weighted by atomic mass is 10.1. The Morgan fingerprint density at radius 3 is 2.96 bits per heavy atom. The summed E-state index contributed by atoms with van der Waals surface area (Å²) >= 11 is 0. The van der Waals surface area contributed by atoms with E-state index in [1.807, 2.05) is 52.7 Å². The van der Waals surface area contributed by atoms with E-state index in [9.17, 15) is 9.90 Å². The smallest absolute Gasteiger partial charge is 0.240 e. The first kappa shape index (κ1) is 16.8. The lowest BCUT2D eigenvalue weighted by Crippen LogP contribution is -2.41. The highest BCUT2D eigenvalue weighted by Gasteiger charge is 2.34. The minimum atomic E-state index is -0.514. The Morgan fingerprint density at radius 1 is 1.31 bits per heavy atom.